The van der Waals surface area contributed by atoms with E-state index < -0.39 is 12.3 Å². The number of halogens is 3. The van der Waals surface area contributed by atoms with Crippen LogP contribution in [0, 0.1) is 5.41 Å². The van der Waals surface area contributed by atoms with Crippen LogP contribution in [0.4, 0.5) is 13.2 Å². The maximum atomic E-state index is 12.5. The minimum absolute atomic E-state index is 0.100. The van der Waals surface area contributed by atoms with Gasteiger partial charge in [0, 0.05) is 5.41 Å². The molecular weight excluding hydrogens is 477 g/mol. The number of ether oxygens (including phenoxy) is 5. The number of carbonyl (C=O) groups is 1. The molecule has 1 heterocycles. The Morgan fingerprint density at radius 2 is 1.39 bits per heavy atom. The van der Waals surface area contributed by atoms with Crippen molar-refractivity contribution in [2.45, 2.75) is 13.3 Å². The quantitative estimate of drug-likeness (QED) is 0.195. The van der Waals surface area contributed by atoms with Gasteiger partial charge in [-0.15, -0.1) is 13.2 Å². The molecule has 0 radical (unpaired) electrons. The molecule has 4 rings (SSSR count). The van der Waals surface area contributed by atoms with Gasteiger partial charge in [0.05, 0.1) is 32.0 Å². The lowest BCUT2D eigenvalue weighted by Gasteiger charge is -2.37. The number of hydrogen-bond donors (Lipinski definition) is 0. The van der Waals surface area contributed by atoms with Crippen LogP contribution in [0.2, 0.25) is 0 Å². The van der Waals surface area contributed by atoms with Crippen LogP contribution in [0.15, 0.2) is 72.8 Å². The van der Waals surface area contributed by atoms with Gasteiger partial charge in [0.2, 0.25) is 0 Å². The Bertz CT molecular complexity index is 1140. The van der Waals surface area contributed by atoms with Crippen LogP contribution in [0.3, 0.4) is 0 Å². The molecule has 0 spiro atoms. The molecule has 1 aliphatic rings. The van der Waals surface area contributed by atoms with Gasteiger partial charge < -0.3 is 23.7 Å². The summed E-state index contributed by atoms with van der Waals surface area (Å²) in [5, 5.41) is 0. The Kier molecular flexibility index (Phi) is 7.81. The predicted molar refractivity (Wildman–Crippen MR) is 125 cm³/mol. The van der Waals surface area contributed by atoms with Crippen molar-refractivity contribution in [1.82, 2.24) is 0 Å². The normalized spacial score (nSPS) is 14.6. The number of benzene rings is 3. The molecule has 0 bridgehead atoms. The molecule has 3 aromatic carbocycles. The van der Waals surface area contributed by atoms with E-state index in [2.05, 4.69) is 11.7 Å². The summed E-state index contributed by atoms with van der Waals surface area (Å²) >= 11 is 0. The highest BCUT2D eigenvalue weighted by molar-refractivity contribution is 5.91. The molecule has 0 N–H and O–H groups in total. The lowest BCUT2D eigenvalue weighted by Crippen LogP contribution is -2.43. The second-order valence-corrected chi connectivity index (χ2v) is 8.71. The Balaban J connectivity index is 1.24. The predicted octanol–water partition coefficient (Wildman–Crippen LogP) is 5.90. The average Bonchev–Trinajstić information content (AvgIpc) is 2.83. The van der Waals surface area contributed by atoms with Gasteiger partial charge in [-0.25, -0.2) is 4.79 Å². The van der Waals surface area contributed by atoms with Gasteiger partial charge >= 0.3 is 12.3 Å². The van der Waals surface area contributed by atoms with E-state index >= 15 is 0 Å². The molecule has 1 fully saturated rings. The van der Waals surface area contributed by atoms with E-state index in [1.54, 1.807) is 48.5 Å². The molecule has 3 aromatic rings. The van der Waals surface area contributed by atoms with E-state index in [1.165, 1.54) is 24.3 Å². The van der Waals surface area contributed by atoms with Crippen molar-refractivity contribution >= 4 is 5.97 Å². The largest absolute Gasteiger partial charge is 0.573 e. The third-order valence-electron chi connectivity index (χ3n) is 5.42. The minimum atomic E-state index is -4.74. The van der Waals surface area contributed by atoms with E-state index in [0.717, 1.165) is 5.56 Å². The Morgan fingerprint density at radius 1 is 0.833 bits per heavy atom. The van der Waals surface area contributed by atoms with Crippen molar-refractivity contribution in [2.24, 2.45) is 5.41 Å². The van der Waals surface area contributed by atoms with Gasteiger partial charge in [-0.05, 0) is 59.7 Å². The molecule has 1 saturated heterocycles. The smallest absolute Gasteiger partial charge is 0.491 e. The van der Waals surface area contributed by atoms with Crippen LogP contribution in [-0.2, 0) is 9.47 Å². The van der Waals surface area contributed by atoms with E-state index in [4.69, 9.17) is 18.9 Å². The standard InChI is InChI=1S/C27H25F3O6/c1-26(17-33-18-26)16-32-14-15-34-22-8-6-21(7-9-22)25(31)35-23-10-2-19(3-11-23)20-4-12-24(13-5-20)36-27(28,29)30/h2-13H,14-18H2,1H3. The first kappa shape index (κ1) is 25.5. The summed E-state index contributed by atoms with van der Waals surface area (Å²) in [5.74, 6) is 0.130. The van der Waals surface area contributed by atoms with Crippen LogP contribution in [0.1, 0.15) is 17.3 Å². The van der Waals surface area contributed by atoms with Gasteiger partial charge in [-0.2, -0.15) is 0 Å². The summed E-state index contributed by atoms with van der Waals surface area (Å²) in [6.45, 7) is 5.03. The van der Waals surface area contributed by atoms with Crippen molar-refractivity contribution in [1.29, 1.82) is 0 Å². The molecule has 9 heteroatoms. The highest BCUT2D eigenvalue weighted by Gasteiger charge is 2.33. The summed E-state index contributed by atoms with van der Waals surface area (Å²) in [7, 11) is 0. The number of esters is 1. The molecule has 36 heavy (non-hydrogen) atoms. The summed E-state index contributed by atoms with van der Waals surface area (Å²) in [6, 6.07) is 18.8. The molecule has 0 atom stereocenters. The highest BCUT2D eigenvalue weighted by atomic mass is 19.4. The Morgan fingerprint density at radius 3 is 1.92 bits per heavy atom. The SMILES string of the molecule is CC1(COCCOc2ccc(C(=O)Oc3ccc(-c4ccc(OC(F)(F)F)cc4)cc3)cc2)COC1. The van der Waals surface area contributed by atoms with Crippen LogP contribution in [0.25, 0.3) is 11.1 Å². The summed E-state index contributed by atoms with van der Waals surface area (Å²) < 4.78 is 62.6. The summed E-state index contributed by atoms with van der Waals surface area (Å²) in [6.07, 6.45) is -4.74. The molecule has 1 aliphatic heterocycles. The third-order valence-corrected chi connectivity index (χ3v) is 5.42. The lowest BCUT2D eigenvalue weighted by molar-refractivity contribution is -0.274. The second kappa shape index (κ2) is 11.0. The third kappa shape index (κ3) is 7.22. The molecule has 0 saturated carbocycles. The van der Waals surface area contributed by atoms with Crippen molar-refractivity contribution in [3.05, 3.63) is 78.4 Å². The fourth-order valence-corrected chi connectivity index (χ4v) is 3.49. The zero-order valence-electron chi connectivity index (χ0n) is 19.5. The maximum absolute atomic E-state index is 12.5. The Labute approximate surface area is 206 Å². The molecule has 0 amide bonds. The number of alkyl halides is 3. The highest BCUT2D eigenvalue weighted by Crippen LogP contribution is 2.28. The van der Waals surface area contributed by atoms with Gasteiger partial charge in [0.15, 0.2) is 0 Å². The zero-order chi connectivity index (χ0) is 25.6. The molecular formula is C27H25F3O6. The monoisotopic (exact) mass is 502 g/mol. The van der Waals surface area contributed by atoms with Crippen LogP contribution in [-0.4, -0.2) is 45.4 Å². The molecule has 6 nitrogen and oxygen atoms in total. The van der Waals surface area contributed by atoms with Gasteiger partial charge in [0.1, 0.15) is 23.9 Å². The fourth-order valence-electron chi connectivity index (χ4n) is 3.49. The van der Waals surface area contributed by atoms with Gasteiger partial charge in [-0.1, -0.05) is 31.2 Å². The van der Waals surface area contributed by atoms with Crippen molar-refractivity contribution in [3.8, 4) is 28.4 Å². The van der Waals surface area contributed by atoms with Crippen molar-refractivity contribution in [3.63, 3.8) is 0 Å². The fraction of sp³-hybridized carbons (Fsp3) is 0.296. The average molecular weight is 502 g/mol. The molecule has 0 aromatic heterocycles. The topological polar surface area (TPSA) is 63.2 Å². The first-order valence-corrected chi connectivity index (χ1v) is 11.3. The van der Waals surface area contributed by atoms with Gasteiger partial charge in [-0.3, -0.25) is 0 Å². The van der Waals surface area contributed by atoms with E-state index in [0.29, 0.717) is 55.7 Å². The van der Waals surface area contributed by atoms with Crippen molar-refractivity contribution in [2.75, 3.05) is 33.0 Å². The Hall–Kier alpha value is -3.56. The molecule has 190 valence electrons. The molecule has 0 unspecified atom stereocenters. The number of carbonyl (C=O) groups excluding carboxylic acids is 1. The number of hydrogen-bond acceptors (Lipinski definition) is 6. The maximum Gasteiger partial charge on any atom is 0.573 e. The minimum Gasteiger partial charge on any atom is -0.491 e. The van der Waals surface area contributed by atoms with Crippen molar-refractivity contribution < 1.29 is 41.7 Å². The van der Waals surface area contributed by atoms with Crippen LogP contribution < -0.4 is 14.2 Å². The molecule has 0 aliphatic carbocycles. The summed E-state index contributed by atoms with van der Waals surface area (Å²) in [4.78, 5) is 12.5. The lowest BCUT2D eigenvalue weighted by atomic mass is 9.90. The van der Waals surface area contributed by atoms with Crippen LogP contribution in [0.5, 0.6) is 17.2 Å². The number of rotatable bonds is 10. The second-order valence-electron chi connectivity index (χ2n) is 8.71. The van der Waals surface area contributed by atoms with E-state index in [1.807, 2.05) is 0 Å². The first-order chi connectivity index (χ1) is 17.2. The van der Waals surface area contributed by atoms with E-state index in [9.17, 15) is 18.0 Å². The van der Waals surface area contributed by atoms with Gasteiger partial charge in [0.25, 0.3) is 0 Å². The summed E-state index contributed by atoms with van der Waals surface area (Å²) in [5.41, 5.74) is 1.90. The van der Waals surface area contributed by atoms with E-state index in [-0.39, 0.29) is 11.2 Å². The zero-order valence-corrected chi connectivity index (χ0v) is 19.5. The first-order valence-electron chi connectivity index (χ1n) is 11.3. The van der Waals surface area contributed by atoms with Crippen LogP contribution >= 0.6 is 0 Å².